The molecule has 1 saturated heterocycles. The summed E-state index contributed by atoms with van der Waals surface area (Å²) in [4.78, 5) is 4.09. The van der Waals surface area contributed by atoms with Crippen LogP contribution in [0.25, 0.3) is 0 Å². The van der Waals surface area contributed by atoms with Gasteiger partial charge in [0.1, 0.15) is 0 Å². The van der Waals surface area contributed by atoms with Gasteiger partial charge in [-0.1, -0.05) is 40.5 Å². The molecule has 0 aromatic rings. The van der Waals surface area contributed by atoms with Gasteiger partial charge in [0, 0.05) is 5.92 Å². The first-order valence-corrected chi connectivity index (χ1v) is 6.78. The van der Waals surface area contributed by atoms with E-state index in [1.54, 1.807) is 0 Å². The van der Waals surface area contributed by atoms with Crippen LogP contribution in [-0.4, -0.2) is 29.8 Å². The molecule has 3 nitrogen and oxygen atoms in total. The molecule has 0 aromatic heterocycles. The molecule has 2 N–H and O–H groups in total. The highest BCUT2D eigenvalue weighted by atomic mass is 16.5. The lowest BCUT2D eigenvalue weighted by molar-refractivity contribution is -0.233. The number of hydrogen-bond donors (Lipinski definition) is 0. The summed E-state index contributed by atoms with van der Waals surface area (Å²) < 4.78 is 6.15. The van der Waals surface area contributed by atoms with E-state index in [0.717, 1.165) is 12.8 Å². The van der Waals surface area contributed by atoms with E-state index in [-0.39, 0.29) is 12.2 Å². The van der Waals surface area contributed by atoms with Crippen molar-refractivity contribution in [1.82, 2.24) is 0 Å². The first-order valence-electron chi connectivity index (χ1n) is 6.78. The smallest absolute Gasteiger partial charge is 0.227 e. The van der Waals surface area contributed by atoms with Crippen molar-refractivity contribution < 1.29 is 9.84 Å². The molecular formula is C14H28NO2+. The second-order valence-electron chi connectivity index (χ2n) is 5.59. The molecule has 1 rings (SSSR count). The van der Waals surface area contributed by atoms with Crippen LogP contribution in [0.3, 0.4) is 0 Å². The van der Waals surface area contributed by atoms with Gasteiger partial charge in [0.25, 0.3) is 0 Å². The first-order chi connectivity index (χ1) is 7.91. The van der Waals surface area contributed by atoms with E-state index >= 15 is 0 Å². The van der Waals surface area contributed by atoms with Gasteiger partial charge in [-0.3, -0.25) is 4.99 Å². The molecule has 100 valence electrons. The highest BCUT2D eigenvalue weighted by Gasteiger charge is 2.52. The molecule has 3 heteroatoms. The lowest BCUT2D eigenvalue weighted by atomic mass is 9.73. The predicted octanol–water partition coefficient (Wildman–Crippen LogP) is 2.60. The molecule has 0 saturated carbocycles. The summed E-state index contributed by atoms with van der Waals surface area (Å²) in [6.45, 7) is 14.3. The molecular weight excluding hydrogens is 214 g/mol. The predicted molar refractivity (Wildman–Crippen MR) is 72.6 cm³/mol. The Hall–Kier alpha value is -0.410. The Balaban J connectivity index is 3.00. The molecule has 0 aliphatic carbocycles. The number of hydrogen-bond acceptors (Lipinski definition) is 2. The number of nitrogens with zero attached hydrogens (tertiary/aromatic N) is 1. The molecule has 1 heterocycles. The van der Waals surface area contributed by atoms with E-state index in [9.17, 15) is 0 Å². The lowest BCUT2D eigenvalue weighted by Crippen LogP contribution is -2.57. The van der Waals surface area contributed by atoms with Crippen LogP contribution in [-0.2, 0) is 4.74 Å². The number of rotatable bonds is 4. The minimum absolute atomic E-state index is 0.206. The van der Waals surface area contributed by atoms with Gasteiger partial charge in [-0.25, -0.2) is 0 Å². The van der Waals surface area contributed by atoms with Crippen LogP contribution < -0.4 is 0 Å². The Kier molecular flexibility index (Phi) is 4.73. The molecule has 0 amide bonds. The third-order valence-corrected chi connectivity index (χ3v) is 4.56. The van der Waals surface area contributed by atoms with E-state index < -0.39 is 5.72 Å². The molecule has 0 bridgehead atoms. The van der Waals surface area contributed by atoms with Crippen LogP contribution in [0.15, 0.2) is 4.99 Å². The van der Waals surface area contributed by atoms with Crippen LogP contribution in [0.4, 0.5) is 0 Å². The Morgan fingerprint density at radius 3 is 2.47 bits per heavy atom. The fourth-order valence-corrected chi connectivity index (χ4v) is 2.98. The van der Waals surface area contributed by atoms with Crippen molar-refractivity contribution >= 4 is 6.72 Å². The maximum absolute atomic E-state index is 8.30. The van der Waals surface area contributed by atoms with Gasteiger partial charge in [0.2, 0.25) is 11.8 Å². The molecule has 1 aliphatic heterocycles. The Morgan fingerprint density at radius 1 is 1.47 bits per heavy atom. The molecule has 0 radical (unpaired) electrons. The Labute approximate surface area is 105 Å². The van der Waals surface area contributed by atoms with Gasteiger partial charge in [-0.05, 0) is 25.5 Å². The second kappa shape index (κ2) is 5.49. The molecule has 17 heavy (non-hydrogen) atoms. The molecule has 1 aliphatic rings. The topological polar surface area (TPSA) is 44.5 Å². The quantitative estimate of drug-likeness (QED) is 0.552. The average Bonchev–Trinajstić information content (AvgIpc) is 2.34. The van der Waals surface area contributed by atoms with E-state index in [1.807, 2.05) is 6.92 Å². The van der Waals surface area contributed by atoms with Crippen molar-refractivity contribution in [1.29, 1.82) is 0 Å². The molecule has 1 fully saturated rings. The van der Waals surface area contributed by atoms with Gasteiger partial charge < -0.3 is 9.84 Å². The van der Waals surface area contributed by atoms with Gasteiger partial charge >= 0.3 is 0 Å². The molecule has 0 aromatic carbocycles. The third kappa shape index (κ3) is 2.55. The van der Waals surface area contributed by atoms with Crippen LogP contribution in [0.2, 0.25) is 0 Å². The van der Waals surface area contributed by atoms with Crippen molar-refractivity contribution in [2.45, 2.75) is 65.4 Å². The molecule has 0 spiro atoms. The lowest BCUT2D eigenvalue weighted by Gasteiger charge is -2.47. The maximum atomic E-state index is 8.30. The van der Waals surface area contributed by atoms with Gasteiger partial charge in [-0.2, -0.15) is 0 Å². The largest absolute Gasteiger partial charge is 0.439 e. The van der Waals surface area contributed by atoms with Crippen molar-refractivity contribution in [2.75, 3.05) is 0 Å². The summed E-state index contributed by atoms with van der Waals surface area (Å²) in [5, 5.41) is 8.30. The van der Waals surface area contributed by atoms with E-state index in [1.165, 1.54) is 0 Å². The summed E-state index contributed by atoms with van der Waals surface area (Å²) in [5.41, 5.74) is -0.737. The van der Waals surface area contributed by atoms with Gasteiger partial charge in [0.05, 0.1) is 6.10 Å². The highest BCUT2D eigenvalue weighted by molar-refractivity contribution is 5.26. The van der Waals surface area contributed by atoms with E-state index in [0.29, 0.717) is 17.8 Å². The zero-order chi connectivity index (χ0) is 13.2. The minimum Gasteiger partial charge on any atom is -0.439 e. The number of aliphatic imine (C=N–C) groups is 1. The van der Waals surface area contributed by atoms with Crippen LogP contribution in [0.1, 0.15) is 47.5 Å². The zero-order valence-corrected chi connectivity index (χ0v) is 11.9. The summed E-state index contributed by atoms with van der Waals surface area (Å²) >= 11 is 0. The molecule has 6 atom stereocenters. The van der Waals surface area contributed by atoms with E-state index in [2.05, 4.69) is 39.4 Å². The van der Waals surface area contributed by atoms with Crippen molar-refractivity contribution in [2.24, 2.45) is 22.7 Å². The van der Waals surface area contributed by atoms with Crippen molar-refractivity contribution in [3.63, 3.8) is 0 Å². The Bertz CT molecular complexity index is 269. The molecule has 3 unspecified atom stereocenters. The SMILES string of the molecule is C=NC1(C)O[C@H](C(C)CC)C(CC)[C@@H](C)[C@H]1[OH2+]. The third-order valence-electron chi connectivity index (χ3n) is 4.56. The standard InChI is InChI=1S/C14H27NO2/c1-7-9(3)12-11(8-2)10(4)13(16)14(5,15-6)17-12/h9-13,16H,6-8H2,1-5H3/p+1/t9?,10-,11?,12-,13-,14?/m1/s1. The maximum Gasteiger partial charge on any atom is 0.227 e. The Morgan fingerprint density at radius 2 is 2.06 bits per heavy atom. The summed E-state index contributed by atoms with van der Waals surface area (Å²) in [6, 6.07) is 0. The van der Waals surface area contributed by atoms with Crippen LogP contribution in [0.5, 0.6) is 0 Å². The fraction of sp³-hybridized carbons (Fsp3) is 0.929. The highest BCUT2D eigenvalue weighted by Crippen LogP contribution is 2.42. The summed E-state index contributed by atoms with van der Waals surface area (Å²) in [7, 11) is 0. The number of ether oxygens (including phenoxy) is 1. The van der Waals surface area contributed by atoms with Crippen molar-refractivity contribution in [3.05, 3.63) is 0 Å². The summed E-state index contributed by atoms with van der Waals surface area (Å²) in [6.07, 6.45) is 2.06. The monoisotopic (exact) mass is 242 g/mol. The second-order valence-corrected chi connectivity index (χ2v) is 5.59. The minimum atomic E-state index is -0.737. The van der Waals surface area contributed by atoms with Crippen LogP contribution >= 0.6 is 0 Å². The van der Waals surface area contributed by atoms with Gasteiger partial charge in [0.15, 0.2) is 0 Å². The van der Waals surface area contributed by atoms with E-state index in [4.69, 9.17) is 9.84 Å². The van der Waals surface area contributed by atoms with Crippen molar-refractivity contribution in [3.8, 4) is 0 Å². The van der Waals surface area contributed by atoms with Crippen LogP contribution in [0, 0.1) is 17.8 Å². The zero-order valence-electron chi connectivity index (χ0n) is 11.9. The first kappa shape index (κ1) is 14.7. The fourth-order valence-electron chi connectivity index (χ4n) is 2.98. The normalized spacial score (nSPS) is 44.4. The average molecular weight is 242 g/mol. The van der Waals surface area contributed by atoms with Gasteiger partial charge in [-0.15, -0.1) is 0 Å². The summed E-state index contributed by atoms with van der Waals surface area (Å²) in [5.74, 6) is 1.28.